The average Bonchev–Trinajstić information content (AvgIpc) is 3.05. The lowest BCUT2D eigenvalue weighted by Gasteiger charge is -2.23. The minimum Gasteiger partial charge on any atom is -0.387 e. The fraction of sp³-hybridized carbons (Fsp3) is 0.921. The molecule has 0 aromatic carbocycles. The standard InChI is InChI=1S/C38H77N2O6P/c1-3-5-7-9-11-13-15-17-18-20-22-24-26-28-30-32-38(42)40-36(35-46-47(43,44)45-34-33-39)37(41)31-29-27-25-23-21-19-16-14-12-10-8-6-4-2/h29,31,36-37,41H,3-28,30,32-35,39H2,1-2H3,(H,40,42)(H,43,44)/b31-29+/t36-,37+/m0/s1. The van der Waals surface area contributed by atoms with Crippen LogP contribution in [-0.2, 0) is 18.4 Å². The summed E-state index contributed by atoms with van der Waals surface area (Å²) in [6.07, 6.45) is 36.8. The van der Waals surface area contributed by atoms with Gasteiger partial charge < -0.3 is 21.1 Å². The number of carbonyl (C=O) groups excluding carboxylic acids is 1. The van der Waals surface area contributed by atoms with Crippen LogP contribution in [-0.4, -0.2) is 47.8 Å². The van der Waals surface area contributed by atoms with Gasteiger partial charge in [0.2, 0.25) is 5.91 Å². The summed E-state index contributed by atoms with van der Waals surface area (Å²) >= 11 is 0. The van der Waals surface area contributed by atoms with Gasteiger partial charge in [-0.3, -0.25) is 13.8 Å². The number of allylic oxidation sites excluding steroid dienone is 1. The molecule has 0 rings (SSSR count). The lowest BCUT2D eigenvalue weighted by Crippen LogP contribution is -2.45. The first kappa shape index (κ1) is 46.2. The third-order valence-electron chi connectivity index (χ3n) is 8.86. The molecule has 0 saturated heterocycles. The molecule has 5 N–H and O–H groups in total. The van der Waals surface area contributed by atoms with E-state index in [1.54, 1.807) is 6.08 Å². The van der Waals surface area contributed by atoms with Gasteiger partial charge in [0.25, 0.3) is 0 Å². The second kappa shape index (κ2) is 35.1. The average molecular weight is 689 g/mol. The number of hydrogen-bond acceptors (Lipinski definition) is 6. The predicted octanol–water partition coefficient (Wildman–Crippen LogP) is 10.4. The van der Waals surface area contributed by atoms with Crippen LogP contribution in [0.3, 0.4) is 0 Å². The van der Waals surface area contributed by atoms with Gasteiger partial charge in [-0.05, 0) is 19.3 Å². The molecule has 0 fully saturated rings. The summed E-state index contributed by atoms with van der Waals surface area (Å²) in [7, 11) is -4.33. The Kier molecular flexibility index (Phi) is 34.5. The second-order valence-corrected chi connectivity index (χ2v) is 15.0. The number of phosphoric acid groups is 1. The van der Waals surface area contributed by atoms with Crippen molar-refractivity contribution in [1.82, 2.24) is 5.32 Å². The molecule has 9 heteroatoms. The Morgan fingerprint density at radius 3 is 1.51 bits per heavy atom. The van der Waals surface area contributed by atoms with Gasteiger partial charge in [-0.1, -0.05) is 180 Å². The van der Waals surface area contributed by atoms with E-state index in [0.29, 0.717) is 6.42 Å². The number of aliphatic hydroxyl groups excluding tert-OH is 1. The van der Waals surface area contributed by atoms with Crippen molar-refractivity contribution in [3.05, 3.63) is 12.2 Å². The van der Waals surface area contributed by atoms with E-state index in [4.69, 9.17) is 14.8 Å². The molecule has 0 aromatic heterocycles. The van der Waals surface area contributed by atoms with E-state index in [-0.39, 0.29) is 25.7 Å². The first-order valence-corrected chi connectivity index (χ1v) is 21.3. The highest BCUT2D eigenvalue weighted by molar-refractivity contribution is 7.47. The van der Waals surface area contributed by atoms with E-state index in [0.717, 1.165) is 38.5 Å². The van der Waals surface area contributed by atoms with E-state index in [1.807, 2.05) is 6.08 Å². The van der Waals surface area contributed by atoms with Crippen LogP contribution in [0.5, 0.6) is 0 Å². The number of unbranched alkanes of at least 4 members (excludes halogenated alkanes) is 25. The first-order valence-electron chi connectivity index (χ1n) is 19.8. The SMILES string of the molecule is CCCCCCCCCCCCC/C=C/[C@@H](O)[C@H](COP(=O)(O)OCCN)NC(=O)CCCCCCCCCCCCCCCCC. The van der Waals surface area contributed by atoms with Gasteiger partial charge in [0.1, 0.15) is 0 Å². The van der Waals surface area contributed by atoms with E-state index >= 15 is 0 Å². The number of carbonyl (C=O) groups is 1. The molecule has 0 aliphatic carbocycles. The smallest absolute Gasteiger partial charge is 0.387 e. The highest BCUT2D eigenvalue weighted by Crippen LogP contribution is 2.43. The summed E-state index contributed by atoms with van der Waals surface area (Å²) in [4.78, 5) is 22.6. The van der Waals surface area contributed by atoms with Gasteiger partial charge in [-0.15, -0.1) is 0 Å². The molecule has 3 atom stereocenters. The van der Waals surface area contributed by atoms with Crippen molar-refractivity contribution >= 4 is 13.7 Å². The quantitative estimate of drug-likeness (QED) is 0.0290. The normalized spacial score (nSPS) is 14.4. The Balaban J connectivity index is 4.26. The monoisotopic (exact) mass is 689 g/mol. The van der Waals surface area contributed by atoms with Crippen molar-refractivity contribution in [2.24, 2.45) is 5.73 Å². The number of rotatable bonds is 37. The maximum Gasteiger partial charge on any atom is 0.472 e. The molecule has 1 amide bonds. The van der Waals surface area contributed by atoms with Crippen molar-refractivity contribution in [3.63, 3.8) is 0 Å². The molecule has 280 valence electrons. The third kappa shape index (κ3) is 33.5. The summed E-state index contributed by atoms with van der Waals surface area (Å²) in [6, 6.07) is -0.852. The minimum absolute atomic E-state index is 0.0811. The van der Waals surface area contributed by atoms with Crippen LogP contribution in [0.25, 0.3) is 0 Å². The van der Waals surface area contributed by atoms with Crippen molar-refractivity contribution in [1.29, 1.82) is 0 Å². The van der Waals surface area contributed by atoms with E-state index in [1.165, 1.54) is 135 Å². The molecule has 0 aromatic rings. The van der Waals surface area contributed by atoms with Gasteiger partial charge in [0.15, 0.2) is 0 Å². The largest absolute Gasteiger partial charge is 0.472 e. The molecule has 0 heterocycles. The number of nitrogens with two attached hydrogens (primary N) is 1. The third-order valence-corrected chi connectivity index (χ3v) is 9.85. The molecule has 47 heavy (non-hydrogen) atoms. The van der Waals surface area contributed by atoms with Gasteiger partial charge in [-0.2, -0.15) is 0 Å². The number of hydrogen-bond donors (Lipinski definition) is 4. The fourth-order valence-electron chi connectivity index (χ4n) is 5.84. The van der Waals surface area contributed by atoms with Gasteiger partial charge >= 0.3 is 7.82 Å². The van der Waals surface area contributed by atoms with E-state index < -0.39 is 20.0 Å². The zero-order valence-electron chi connectivity index (χ0n) is 30.8. The number of phosphoric ester groups is 1. The molecular weight excluding hydrogens is 611 g/mol. The van der Waals surface area contributed by atoms with Gasteiger partial charge in [0, 0.05) is 13.0 Å². The maximum absolute atomic E-state index is 12.7. The summed E-state index contributed by atoms with van der Waals surface area (Å²) in [5, 5.41) is 13.6. The fourth-order valence-corrected chi connectivity index (χ4v) is 6.60. The molecule has 0 bridgehead atoms. The molecule has 0 aliphatic rings. The Labute approximate surface area is 290 Å². The summed E-state index contributed by atoms with van der Waals surface area (Å²) in [6.45, 7) is 4.13. The summed E-state index contributed by atoms with van der Waals surface area (Å²) < 4.78 is 22.0. The van der Waals surface area contributed by atoms with Crippen molar-refractivity contribution < 1.29 is 28.4 Å². The summed E-state index contributed by atoms with van der Waals surface area (Å²) in [5.74, 6) is -0.193. The van der Waals surface area contributed by atoms with Crippen molar-refractivity contribution in [2.75, 3.05) is 19.8 Å². The molecule has 0 radical (unpaired) electrons. The first-order chi connectivity index (χ1) is 22.9. The van der Waals surface area contributed by atoms with Crippen molar-refractivity contribution in [3.8, 4) is 0 Å². The Hall–Kier alpha value is -0.760. The Morgan fingerprint density at radius 1 is 0.681 bits per heavy atom. The second-order valence-electron chi connectivity index (χ2n) is 13.5. The van der Waals surface area contributed by atoms with E-state index in [9.17, 15) is 19.4 Å². The van der Waals surface area contributed by atoms with Crippen LogP contribution >= 0.6 is 7.82 Å². The number of aliphatic hydroxyl groups is 1. The van der Waals surface area contributed by atoms with Crippen molar-refractivity contribution in [2.45, 2.75) is 206 Å². The molecule has 8 nitrogen and oxygen atoms in total. The van der Waals surface area contributed by atoms with Crippen LogP contribution in [0, 0.1) is 0 Å². The Morgan fingerprint density at radius 2 is 1.09 bits per heavy atom. The summed E-state index contributed by atoms with van der Waals surface area (Å²) in [5.41, 5.74) is 5.36. The van der Waals surface area contributed by atoms with Crippen LogP contribution in [0.1, 0.15) is 194 Å². The maximum atomic E-state index is 12.7. The lowest BCUT2D eigenvalue weighted by atomic mass is 10.0. The van der Waals surface area contributed by atoms with Crippen LogP contribution in [0.2, 0.25) is 0 Å². The highest BCUT2D eigenvalue weighted by Gasteiger charge is 2.26. The molecular formula is C38H77N2O6P. The topological polar surface area (TPSA) is 131 Å². The highest BCUT2D eigenvalue weighted by atomic mass is 31.2. The Bertz CT molecular complexity index is 754. The number of nitrogens with one attached hydrogen (secondary N) is 1. The van der Waals surface area contributed by atoms with Crippen LogP contribution < -0.4 is 11.1 Å². The van der Waals surface area contributed by atoms with Gasteiger partial charge in [0.05, 0.1) is 25.4 Å². The predicted molar refractivity (Wildman–Crippen MR) is 198 cm³/mol. The zero-order valence-corrected chi connectivity index (χ0v) is 31.7. The molecule has 1 unspecified atom stereocenters. The number of amides is 1. The van der Waals surface area contributed by atoms with Crippen LogP contribution in [0.15, 0.2) is 12.2 Å². The molecule has 0 aliphatic heterocycles. The van der Waals surface area contributed by atoms with Crippen LogP contribution in [0.4, 0.5) is 0 Å². The van der Waals surface area contributed by atoms with E-state index in [2.05, 4.69) is 19.2 Å². The van der Waals surface area contributed by atoms with Gasteiger partial charge in [-0.25, -0.2) is 4.57 Å². The minimum atomic E-state index is -4.33. The molecule has 0 spiro atoms. The zero-order chi connectivity index (χ0) is 34.7. The molecule has 0 saturated carbocycles. The lowest BCUT2D eigenvalue weighted by molar-refractivity contribution is -0.123.